The summed E-state index contributed by atoms with van der Waals surface area (Å²) >= 11 is 0. The molecule has 6 atom stereocenters. The number of nitriles is 1. The first-order valence-corrected chi connectivity index (χ1v) is 28.2. The Kier molecular flexibility index (Phi) is 54.9. The van der Waals surface area contributed by atoms with Gasteiger partial charge in [0.15, 0.2) is 0 Å². The molecule has 0 spiro atoms. The summed E-state index contributed by atoms with van der Waals surface area (Å²) in [6.07, 6.45) is 5.53. The number of carbonyl (C=O) groups excluding carboxylic acids is 5. The van der Waals surface area contributed by atoms with E-state index in [1.807, 2.05) is 6.07 Å². The largest absolute Gasteiger partial charge is 1.00 e. The van der Waals surface area contributed by atoms with E-state index >= 15 is 0 Å². The number of nitrogens with two attached hydrogens (primary N) is 5. The van der Waals surface area contributed by atoms with Crippen molar-refractivity contribution >= 4 is 65.9 Å². The summed E-state index contributed by atoms with van der Waals surface area (Å²) in [4.78, 5) is 119. The third kappa shape index (κ3) is 75.2. The summed E-state index contributed by atoms with van der Waals surface area (Å²) in [7, 11) is 0. The molecule has 5 amide bonds. The van der Waals surface area contributed by atoms with E-state index in [2.05, 4.69) is 32.3 Å². The molecule has 88 heavy (non-hydrogen) atoms. The van der Waals surface area contributed by atoms with E-state index in [-0.39, 0.29) is 69.2 Å². The summed E-state index contributed by atoms with van der Waals surface area (Å²) in [6, 6.07) is -3.58. The monoisotopic (exact) mass is 1300 g/mol. The van der Waals surface area contributed by atoms with Gasteiger partial charge in [0, 0.05) is 36.1 Å². The van der Waals surface area contributed by atoms with Crippen molar-refractivity contribution in [2.75, 3.05) is 32.6 Å². The summed E-state index contributed by atoms with van der Waals surface area (Å²) in [5.74, 6) is -6.56. The van der Waals surface area contributed by atoms with Crippen LogP contribution in [-0.2, 0) is 52.6 Å². The third-order valence-corrected chi connectivity index (χ3v) is 9.96. The van der Waals surface area contributed by atoms with Crippen LogP contribution in [0.4, 0.5) is 14.4 Å². The predicted octanol–water partition coefficient (Wildman–Crippen LogP) is -0.931. The van der Waals surface area contributed by atoms with Crippen LogP contribution in [0.15, 0.2) is 0 Å². The zero-order valence-corrected chi connectivity index (χ0v) is 53.9. The molecule has 0 rings (SSSR count). The van der Waals surface area contributed by atoms with Crippen molar-refractivity contribution in [2.45, 2.75) is 245 Å². The van der Waals surface area contributed by atoms with Gasteiger partial charge < -0.3 is 118 Å². The zero-order valence-electron chi connectivity index (χ0n) is 57.1. The lowest BCUT2D eigenvalue weighted by atomic mass is 10.1. The number of nitrogens with zero attached hydrogens (tertiary/aromatic N) is 1. The van der Waals surface area contributed by atoms with Crippen LogP contribution in [0.3, 0.4) is 0 Å². The number of carbonyl (C=O) groups is 11. The van der Waals surface area contributed by atoms with Gasteiger partial charge in [-0.05, 0) is 178 Å². The Morgan fingerprint density at radius 3 is 0.977 bits per heavy atom. The van der Waals surface area contributed by atoms with Crippen molar-refractivity contribution in [3.8, 4) is 6.07 Å². The Morgan fingerprint density at radius 1 is 0.466 bits per heavy atom. The quantitative estimate of drug-likeness (QED) is 0.0273. The molecule has 0 aromatic carbocycles. The number of alkyl carbamates (subject to hydrolysis) is 3. The van der Waals surface area contributed by atoms with Crippen molar-refractivity contribution < 1.29 is 121 Å². The van der Waals surface area contributed by atoms with Gasteiger partial charge in [0.05, 0.1) is 15.3 Å². The standard InChI is InChI=1S/C13H24N2O5.C11H22N2O4.C11H18N2O4.C8H16N2O3.2C6H14N2O2.ClH/c1-9(16)14-8-6-5-7-10(11(17)18)15-12(19)20-13(2,3)4;2*1-11(2,3)17-10(16)13-8(9(14)15)6-4-5-7-12;1-6(11)10-5-3-2-4-7(9)8(12)13;2*7-4-2-1-3-5(8)6(9)10;/h10H,5-8H2,1-4H3,(H,14,16)(H,15,19)(H,17,18);8H,4-7,12H2,1-3H3,(H,13,16)(H,14,15);8H,4-6H2,1-3H3,(H,13,16)(H,14,15);7H,2-5,9H2,1H3,(H,10,11)(H,12,13);2*5H,1-4,7-8H2,(H,9,10);1H/t10-;2*8-;7-;2*5-;/m000000./s1/i;7D2;;;4D2;;. The van der Waals surface area contributed by atoms with Gasteiger partial charge in [-0.25, -0.2) is 28.8 Å². The van der Waals surface area contributed by atoms with E-state index in [4.69, 9.17) is 84.3 Å². The summed E-state index contributed by atoms with van der Waals surface area (Å²) in [5.41, 5.74) is 27.3. The summed E-state index contributed by atoms with van der Waals surface area (Å²) in [6.45, 7) is 16.4. The average molecular weight is 1300 g/mol. The lowest BCUT2D eigenvalue weighted by Gasteiger charge is -2.22. The fourth-order valence-corrected chi connectivity index (χ4v) is 5.73. The molecule has 0 aliphatic heterocycles. The molecular weight excluding hydrogens is 1180 g/mol. The number of carboxylic acids is 6. The number of nitrogens with one attached hydrogen (secondary N) is 5. The fraction of sp³-hybridized carbons (Fsp3) is 0.782. The number of amides is 5. The van der Waals surface area contributed by atoms with Gasteiger partial charge >= 0.3 is 54.1 Å². The molecule has 0 aromatic rings. The Bertz CT molecular complexity index is 2190. The number of rotatable bonds is 34. The molecule has 516 valence electrons. The molecule has 0 unspecified atom stereocenters. The Labute approximate surface area is 529 Å². The first-order valence-electron chi connectivity index (χ1n) is 30.2. The molecular formula is C55H109ClN12O20. The number of unbranched alkanes of at least 4 members (excludes halogenated alkanes) is 4. The lowest BCUT2D eigenvalue weighted by molar-refractivity contribution is -0.368. The molecule has 0 radical (unpaired) electrons. The van der Waals surface area contributed by atoms with Gasteiger partial charge in [-0.15, -0.1) is 0 Å². The number of hydrogen-bond acceptors (Lipinski definition) is 20. The van der Waals surface area contributed by atoms with Gasteiger partial charge in [-0.3, -0.25) is 24.0 Å². The topological polar surface area (TPSA) is 579 Å². The van der Waals surface area contributed by atoms with E-state index in [0.717, 1.165) is 19.3 Å². The number of halogens is 1. The maximum Gasteiger partial charge on any atom is 0.408 e. The normalized spacial score (nSPS) is 13.5. The maximum absolute atomic E-state index is 11.5. The lowest BCUT2D eigenvalue weighted by Crippen LogP contribution is -3.00. The van der Waals surface area contributed by atoms with Gasteiger partial charge in [0.25, 0.3) is 0 Å². The first kappa shape index (κ1) is 85.3. The smallest absolute Gasteiger partial charge is 0.408 e. The van der Waals surface area contributed by atoms with E-state index in [1.54, 1.807) is 62.3 Å². The average Bonchev–Trinajstić information content (AvgIpc) is 1.98. The molecule has 0 saturated heterocycles. The van der Waals surface area contributed by atoms with Crippen molar-refractivity contribution in [1.82, 2.24) is 26.6 Å². The first-order chi connectivity index (χ1) is 41.3. The molecule has 0 aliphatic carbocycles. The molecule has 0 fully saturated rings. The predicted molar refractivity (Wildman–Crippen MR) is 321 cm³/mol. The van der Waals surface area contributed by atoms with E-state index in [0.29, 0.717) is 71.0 Å². The highest BCUT2D eigenvalue weighted by Crippen LogP contribution is 2.11. The van der Waals surface area contributed by atoms with E-state index < -0.39 is 120 Å². The minimum Gasteiger partial charge on any atom is -1.00 e. The second-order valence-corrected chi connectivity index (χ2v) is 22.0. The number of quaternary nitrogens is 1. The van der Waals surface area contributed by atoms with Crippen LogP contribution in [0.5, 0.6) is 0 Å². The van der Waals surface area contributed by atoms with Gasteiger partial charge in [0.1, 0.15) is 53.1 Å². The van der Waals surface area contributed by atoms with Crippen molar-refractivity contribution in [1.29, 1.82) is 5.26 Å². The van der Waals surface area contributed by atoms with Crippen molar-refractivity contribution in [3.63, 3.8) is 0 Å². The van der Waals surface area contributed by atoms with Crippen LogP contribution in [-0.4, -0.2) is 182 Å². The Morgan fingerprint density at radius 2 is 0.739 bits per heavy atom. The van der Waals surface area contributed by atoms with Gasteiger partial charge in [0.2, 0.25) is 11.8 Å². The number of hydrogen-bond donors (Lipinski definition) is 17. The van der Waals surface area contributed by atoms with Crippen LogP contribution in [0.25, 0.3) is 0 Å². The van der Waals surface area contributed by atoms with Gasteiger partial charge in [-0.1, -0.05) is 6.42 Å². The molecule has 0 bridgehead atoms. The highest BCUT2D eigenvalue weighted by atomic mass is 35.5. The SMILES string of the molecule is CC(=O)NCCCC[C@H](N)C(=O)O.CC(=O)NCCCC[C@H](NC(=O)OC(C)(C)C)C(=O)O.CC(C)(C)OC(=O)N[C@@H](CCCC#N)C(=O)O.NCCCC[C@H](N)C(=O)O.[2H]C([2H])(N)CCC[C@H](NC(=O)OC(C)(C)C)C(=O)O.[2H]C([2H])([NH3+])CCC[C@H](N)C(=O)O.[Cl-]. The highest BCUT2D eigenvalue weighted by molar-refractivity contribution is 5.81. The zero-order chi connectivity index (χ0) is 72.5. The second-order valence-electron chi connectivity index (χ2n) is 22.0. The second kappa shape index (κ2) is 56.6. The maximum atomic E-state index is 11.5. The Hall–Kier alpha value is -6.89. The van der Waals surface area contributed by atoms with Gasteiger partial charge in [-0.2, -0.15) is 5.26 Å². The van der Waals surface area contributed by atoms with Crippen molar-refractivity contribution in [2.24, 2.45) is 28.7 Å². The molecule has 0 aromatic heterocycles. The van der Waals surface area contributed by atoms with E-state index in [1.165, 1.54) is 13.8 Å². The molecule has 32 nitrogen and oxygen atoms in total. The van der Waals surface area contributed by atoms with Crippen molar-refractivity contribution in [3.05, 3.63) is 0 Å². The van der Waals surface area contributed by atoms with Crippen LogP contribution in [0.1, 0.15) is 197 Å². The summed E-state index contributed by atoms with van der Waals surface area (Å²) in [5, 5.41) is 72.4. The molecule has 0 aliphatic rings. The highest BCUT2D eigenvalue weighted by Gasteiger charge is 2.26. The Balaban J connectivity index is -0.000000191. The molecule has 0 saturated carbocycles. The van der Waals surface area contributed by atoms with Crippen LogP contribution >= 0.6 is 0 Å². The number of aliphatic carboxylic acids is 6. The molecule has 33 heteroatoms. The minimum absolute atomic E-state index is 0. The number of carboxylic acid groups (broad SMARTS) is 6. The molecule has 0 heterocycles. The van der Waals surface area contributed by atoms with E-state index in [9.17, 15) is 52.7 Å². The number of ether oxygens (including phenoxy) is 3. The minimum atomic E-state index is -1.84. The third-order valence-electron chi connectivity index (χ3n) is 9.96. The molecule has 24 N–H and O–H groups in total. The fourth-order valence-electron chi connectivity index (χ4n) is 5.73. The van der Waals surface area contributed by atoms with Crippen LogP contribution in [0.2, 0.25) is 0 Å². The van der Waals surface area contributed by atoms with Crippen LogP contribution < -0.4 is 73.4 Å². The summed E-state index contributed by atoms with van der Waals surface area (Å²) < 4.78 is 43.3. The van der Waals surface area contributed by atoms with Crippen LogP contribution in [0, 0.1) is 11.3 Å².